The van der Waals surface area contributed by atoms with Crippen LogP contribution in [0.3, 0.4) is 0 Å². The molecule has 5 rings (SSSR count). The van der Waals surface area contributed by atoms with Crippen LogP contribution in [0.5, 0.6) is 5.88 Å². The zero-order valence-corrected chi connectivity index (χ0v) is 20.1. The van der Waals surface area contributed by atoms with Gasteiger partial charge in [0.25, 0.3) is 0 Å². The van der Waals surface area contributed by atoms with Crippen LogP contribution in [0.4, 0.5) is 0 Å². The van der Waals surface area contributed by atoms with E-state index in [2.05, 4.69) is 11.8 Å². The van der Waals surface area contributed by atoms with E-state index in [1.165, 1.54) is 6.42 Å². The second kappa shape index (κ2) is 9.62. The Labute approximate surface area is 203 Å². The summed E-state index contributed by atoms with van der Waals surface area (Å²) in [6.07, 6.45) is -1.44. The van der Waals surface area contributed by atoms with Crippen LogP contribution in [0.25, 0.3) is 11.0 Å². The molecule has 0 aromatic carbocycles. The molecule has 0 saturated carbocycles. The summed E-state index contributed by atoms with van der Waals surface area (Å²) >= 11 is 0. The predicted octanol–water partition coefficient (Wildman–Crippen LogP) is 0.665. The molecule has 2 saturated heterocycles. The van der Waals surface area contributed by atoms with Gasteiger partial charge in [0, 0.05) is 18.0 Å². The molecule has 11 heteroatoms. The smallest absolute Gasteiger partial charge is 0.335 e. The summed E-state index contributed by atoms with van der Waals surface area (Å²) in [6, 6.07) is 0.230. The minimum atomic E-state index is -1.77. The minimum Gasteiger partial charge on any atom is -0.479 e. The Morgan fingerprint density at radius 1 is 1.09 bits per heavy atom. The van der Waals surface area contributed by atoms with Gasteiger partial charge in [0.1, 0.15) is 18.3 Å². The largest absolute Gasteiger partial charge is 0.479 e. The average Bonchev–Trinajstić information content (AvgIpc) is 3.20. The first-order valence-corrected chi connectivity index (χ1v) is 12.5. The molecule has 2 aliphatic heterocycles. The normalized spacial score (nSPS) is 31.9. The number of fused-ring (bicyclic) bond motifs is 3. The number of nitrogens with zero attached hydrogens (tertiary/aromatic N) is 4. The number of pyridine rings is 1. The summed E-state index contributed by atoms with van der Waals surface area (Å²) in [5, 5.41) is 46.0. The van der Waals surface area contributed by atoms with E-state index in [0.717, 1.165) is 73.8 Å². The molecule has 4 N–H and O–H groups in total. The molecular weight excluding hydrogens is 456 g/mol. The summed E-state index contributed by atoms with van der Waals surface area (Å²) in [5.74, 6) is -1.21. The Hall–Kier alpha value is -2.31. The second-order valence-electron chi connectivity index (χ2n) is 9.78. The monoisotopic (exact) mass is 490 g/mol. The number of likely N-dealkylation sites (tertiary alicyclic amines) is 1. The number of piperidine rings is 1. The van der Waals surface area contributed by atoms with Gasteiger partial charge < -0.3 is 29.9 Å². The highest BCUT2D eigenvalue weighted by Crippen LogP contribution is 2.41. The number of aliphatic carboxylic acids is 1. The van der Waals surface area contributed by atoms with Gasteiger partial charge in [-0.2, -0.15) is 10.1 Å². The minimum absolute atomic E-state index is 0.230. The average molecular weight is 491 g/mol. The Morgan fingerprint density at radius 2 is 1.83 bits per heavy atom. The lowest BCUT2D eigenvalue weighted by molar-refractivity contribution is -0.271. The van der Waals surface area contributed by atoms with Gasteiger partial charge in [-0.05, 0) is 57.2 Å². The highest BCUT2D eigenvalue weighted by molar-refractivity contribution is 5.85. The van der Waals surface area contributed by atoms with E-state index in [0.29, 0.717) is 5.65 Å². The van der Waals surface area contributed by atoms with E-state index < -0.39 is 36.7 Å². The first-order valence-electron chi connectivity index (χ1n) is 12.5. The Balaban J connectivity index is 1.57. The van der Waals surface area contributed by atoms with E-state index in [1.807, 2.05) is 7.05 Å². The lowest BCUT2D eigenvalue weighted by Crippen LogP contribution is -2.61. The van der Waals surface area contributed by atoms with E-state index in [4.69, 9.17) is 19.6 Å². The van der Waals surface area contributed by atoms with Crippen molar-refractivity contribution in [2.75, 3.05) is 13.1 Å². The van der Waals surface area contributed by atoms with Gasteiger partial charge in [-0.15, -0.1) is 0 Å². The number of carboxylic acids is 1. The number of aliphatic hydroxyl groups excluding tert-OH is 3. The third-order valence-electron chi connectivity index (χ3n) is 7.66. The maximum atomic E-state index is 11.5. The summed E-state index contributed by atoms with van der Waals surface area (Å²) in [6.45, 7) is 4.18. The molecule has 11 nitrogen and oxygen atoms in total. The molecule has 0 spiro atoms. The van der Waals surface area contributed by atoms with E-state index in [9.17, 15) is 25.2 Å². The molecule has 2 aromatic rings. The first-order chi connectivity index (χ1) is 16.8. The van der Waals surface area contributed by atoms with Gasteiger partial charge >= 0.3 is 5.97 Å². The summed E-state index contributed by atoms with van der Waals surface area (Å²) in [7, 11) is 1.85. The van der Waals surface area contributed by atoms with Gasteiger partial charge in [0.05, 0.1) is 11.7 Å². The molecule has 1 unspecified atom stereocenters. The van der Waals surface area contributed by atoms with Crippen molar-refractivity contribution in [3.05, 3.63) is 16.8 Å². The SMILES string of the molecule is CCN1CCCCC1c1nn(C)c2nc(O[C@@H]3O[C@H](C(=O)O)[C@H](O)[C@H](O)[C@H]3O)c3c(c12)CCCC3. The Morgan fingerprint density at radius 3 is 2.54 bits per heavy atom. The van der Waals surface area contributed by atoms with Crippen LogP contribution in [-0.2, 0) is 29.4 Å². The van der Waals surface area contributed by atoms with E-state index in [-0.39, 0.29) is 11.9 Å². The van der Waals surface area contributed by atoms with Crippen LogP contribution < -0.4 is 4.74 Å². The van der Waals surface area contributed by atoms with Crippen molar-refractivity contribution < 1.29 is 34.7 Å². The zero-order chi connectivity index (χ0) is 24.9. The molecule has 3 aliphatic rings. The number of aryl methyl sites for hydroxylation is 2. The lowest BCUT2D eigenvalue weighted by atomic mass is 9.88. The number of hydrogen-bond donors (Lipinski definition) is 4. The molecule has 6 atom stereocenters. The van der Waals surface area contributed by atoms with Crippen molar-refractivity contribution >= 4 is 17.0 Å². The van der Waals surface area contributed by atoms with Crippen molar-refractivity contribution in [2.45, 2.75) is 88.6 Å². The van der Waals surface area contributed by atoms with Crippen molar-refractivity contribution in [1.82, 2.24) is 19.7 Å². The van der Waals surface area contributed by atoms with Gasteiger partial charge in [-0.25, -0.2) is 9.48 Å². The van der Waals surface area contributed by atoms with Crippen LogP contribution in [0, 0.1) is 0 Å². The molecule has 192 valence electrons. The molecule has 35 heavy (non-hydrogen) atoms. The fourth-order valence-corrected chi connectivity index (χ4v) is 5.80. The fourth-order valence-electron chi connectivity index (χ4n) is 5.80. The molecule has 0 bridgehead atoms. The van der Waals surface area contributed by atoms with Crippen LogP contribution in [0.2, 0.25) is 0 Å². The fraction of sp³-hybridized carbons (Fsp3) is 0.708. The topological polar surface area (TPSA) is 150 Å². The molecule has 0 amide bonds. The highest BCUT2D eigenvalue weighted by atomic mass is 16.7. The summed E-state index contributed by atoms with van der Waals surface area (Å²) in [4.78, 5) is 18.7. The third kappa shape index (κ3) is 4.19. The maximum absolute atomic E-state index is 11.5. The highest BCUT2D eigenvalue weighted by Gasteiger charge is 2.48. The molecule has 2 aromatic heterocycles. The van der Waals surface area contributed by atoms with Gasteiger partial charge in [-0.1, -0.05) is 13.3 Å². The van der Waals surface area contributed by atoms with Crippen molar-refractivity contribution in [3.63, 3.8) is 0 Å². The number of hydrogen-bond acceptors (Lipinski definition) is 9. The standard InChI is InChI=1S/C24H34N4O7/c1-3-28-11-7-6-10-14(28)16-15-12-8-4-5-9-13(12)22(25-21(15)27(2)26-16)35-24-19(31)17(29)18(30)20(34-24)23(32)33/h14,17-20,24,29-31H,3-11H2,1-2H3,(H,32,33)/t14?,17-,18+,19+,20-,24-/m0/s1. The van der Waals surface area contributed by atoms with Crippen molar-refractivity contribution in [2.24, 2.45) is 7.05 Å². The lowest BCUT2D eigenvalue weighted by Gasteiger charge is -2.38. The summed E-state index contributed by atoms with van der Waals surface area (Å²) < 4.78 is 13.1. The molecular formula is C24H34N4O7. The Kier molecular flexibility index (Phi) is 6.71. The van der Waals surface area contributed by atoms with Crippen LogP contribution in [-0.4, -0.2) is 89.9 Å². The third-order valence-corrected chi connectivity index (χ3v) is 7.66. The Bertz CT molecular complexity index is 1110. The number of aliphatic hydroxyl groups is 3. The van der Waals surface area contributed by atoms with Crippen LogP contribution in [0.15, 0.2) is 0 Å². The number of carbonyl (C=O) groups is 1. The molecule has 2 fully saturated rings. The van der Waals surface area contributed by atoms with Crippen LogP contribution >= 0.6 is 0 Å². The number of carboxylic acid groups (broad SMARTS) is 1. The first kappa shape index (κ1) is 24.4. The maximum Gasteiger partial charge on any atom is 0.335 e. The van der Waals surface area contributed by atoms with Crippen LogP contribution in [0.1, 0.15) is 61.9 Å². The number of aromatic nitrogens is 3. The summed E-state index contributed by atoms with van der Waals surface area (Å²) in [5.41, 5.74) is 3.74. The molecule has 1 aliphatic carbocycles. The quantitative estimate of drug-likeness (QED) is 0.471. The predicted molar refractivity (Wildman–Crippen MR) is 124 cm³/mol. The molecule has 0 radical (unpaired) electrons. The van der Waals surface area contributed by atoms with Gasteiger partial charge in [0.15, 0.2) is 11.8 Å². The van der Waals surface area contributed by atoms with E-state index >= 15 is 0 Å². The van der Waals surface area contributed by atoms with Crippen molar-refractivity contribution in [1.29, 1.82) is 0 Å². The van der Waals surface area contributed by atoms with Crippen molar-refractivity contribution in [3.8, 4) is 5.88 Å². The molecule has 4 heterocycles. The number of rotatable bonds is 5. The second-order valence-corrected chi connectivity index (χ2v) is 9.78. The van der Waals surface area contributed by atoms with Gasteiger partial charge in [0.2, 0.25) is 12.2 Å². The van der Waals surface area contributed by atoms with Gasteiger partial charge in [-0.3, -0.25) is 4.90 Å². The zero-order valence-electron chi connectivity index (χ0n) is 20.1. The number of ether oxygens (including phenoxy) is 2. The van der Waals surface area contributed by atoms with E-state index in [1.54, 1.807) is 4.68 Å².